The Balaban J connectivity index is 1.67. The zero-order valence-corrected chi connectivity index (χ0v) is 13.8. The first kappa shape index (κ1) is 15.6. The average molecular weight is 330 g/mol. The molecule has 1 N–H and O–H groups in total. The van der Waals surface area contributed by atoms with E-state index in [0.29, 0.717) is 12.4 Å². The molecule has 0 bridgehead atoms. The molecule has 2 aromatic rings. The minimum Gasteiger partial charge on any atom is -0.312 e. The van der Waals surface area contributed by atoms with Crippen molar-refractivity contribution in [3.8, 4) is 0 Å². The Bertz CT molecular complexity index is 726. The number of carbonyl (C=O) groups is 2. The van der Waals surface area contributed by atoms with E-state index in [9.17, 15) is 9.59 Å². The maximum atomic E-state index is 12.3. The Kier molecular flexibility index (Phi) is 4.38. The lowest BCUT2D eigenvalue weighted by Gasteiger charge is -2.16. The summed E-state index contributed by atoms with van der Waals surface area (Å²) < 4.78 is 1.62. The van der Waals surface area contributed by atoms with Crippen LogP contribution in [0.5, 0.6) is 0 Å². The van der Waals surface area contributed by atoms with Crippen molar-refractivity contribution in [3.05, 3.63) is 36.5 Å². The SMILES string of the molecule is CSc1ccc(N2CC(C(=O)Nc3ccn(C)n3)CC2=O)cc1. The van der Waals surface area contributed by atoms with E-state index in [0.717, 1.165) is 10.6 Å². The first-order valence-corrected chi connectivity index (χ1v) is 8.54. The summed E-state index contributed by atoms with van der Waals surface area (Å²) in [5.41, 5.74) is 0.834. The minimum atomic E-state index is -0.357. The van der Waals surface area contributed by atoms with Gasteiger partial charge in [-0.3, -0.25) is 14.3 Å². The third-order valence-electron chi connectivity index (χ3n) is 3.84. The van der Waals surface area contributed by atoms with Gasteiger partial charge < -0.3 is 10.2 Å². The van der Waals surface area contributed by atoms with Gasteiger partial charge in [0, 0.05) is 42.9 Å². The van der Waals surface area contributed by atoms with Crippen LogP contribution in [0.3, 0.4) is 0 Å². The second kappa shape index (κ2) is 6.45. The molecule has 1 atom stereocenters. The maximum absolute atomic E-state index is 12.3. The summed E-state index contributed by atoms with van der Waals surface area (Å²) in [5.74, 6) is -0.0409. The van der Waals surface area contributed by atoms with Crippen LogP contribution < -0.4 is 10.2 Å². The van der Waals surface area contributed by atoms with Gasteiger partial charge >= 0.3 is 0 Å². The van der Waals surface area contributed by atoms with E-state index in [-0.39, 0.29) is 24.2 Å². The number of hydrogen-bond acceptors (Lipinski definition) is 4. The van der Waals surface area contributed by atoms with Crippen LogP contribution in [-0.4, -0.2) is 34.4 Å². The van der Waals surface area contributed by atoms with Crippen LogP contribution in [0, 0.1) is 5.92 Å². The van der Waals surface area contributed by atoms with E-state index in [2.05, 4.69) is 10.4 Å². The lowest BCUT2D eigenvalue weighted by molar-refractivity contribution is -0.122. The number of anilines is 2. The molecule has 1 fully saturated rings. The molecule has 0 saturated carbocycles. The van der Waals surface area contributed by atoms with Gasteiger partial charge in [0.25, 0.3) is 0 Å². The summed E-state index contributed by atoms with van der Waals surface area (Å²) in [4.78, 5) is 27.3. The van der Waals surface area contributed by atoms with Gasteiger partial charge in [0.05, 0.1) is 5.92 Å². The highest BCUT2D eigenvalue weighted by Gasteiger charge is 2.35. The quantitative estimate of drug-likeness (QED) is 0.872. The molecule has 0 radical (unpaired) electrons. The van der Waals surface area contributed by atoms with Gasteiger partial charge in [-0.15, -0.1) is 11.8 Å². The number of benzene rings is 1. The van der Waals surface area contributed by atoms with Crippen LogP contribution in [0.2, 0.25) is 0 Å². The normalized spacial score (nSPS) is 17.6. The number of hydrogen-bond donors (Lipinski definition) is 1. The highest BCUT2D eigenvalue weighted by Crippen LogP contribution is 2.27. The fourth-order valence-electron chi connectivity index (χ4n) is 2.60. The maximum Gasteiger partial charge on any atom is 0.231 e. The summed E-state index contributed by atoms with van der Waals surface area (Å²) >= 11 is 1.65. The van der Waals surface area contributed by atoms with E-state index in [1.807, 2.05) is 30.5 Å². The molecule has 2 amide bonds. The number of thioether (sulfide) groups is 1. The van der Waals surface area contributed by atoms with Gasteiger partial charge in [-0.2, -0.15) is 5.10 Å². The van der Waals surface area contributed by atoms with Crippen molar-refractivity contribution < 1.29 is 9.59 Å². The predicted octanol–water partition coefficient (Wildman–Crippen LogP) is 2.13. The van der Waals surface area contributed by atoms with E-state index < -0.39 is 0 Å². The standard InChI is InChI=1S/C16H18N4O2S/c1-19-8-7-14(18-19)17-16(22)11-9-15(21)20(10-11)12-3-5-13(23-2)6-4-12/h3-8,11H,9-10H2,1-2H3,(H,17,18,22). The van der Waals surface area contributed by atoms with Gasteiger partial charge in [0.15, 0.2) is 5.82 Å². The van der Waals surface area contributed by atoms with Gasteiger partial charge in [-0.25, -0.2) is 0 Å². The number of nitrogens with zero attached hydrogens (tertiary/aromatic N) is 3. The summed E-state index contributed by atoms with van der Waals surface area (Å²) in [6, 6.07) is 9.53. The smallest absolute Gasteiger partial charge is 0.231 e. The summed E-state index contributed by atoms with van der Waals surface area (Å²) in [5, 5.41) is 6.88. The Labute approximate surface area is 138 Å². The van der Waals surface area contributed by atoms with Gasteiger partial charge in [-0.1, -0.05) is 0 Å². The molecular formula is C16H18N4O2S. The number of amides is 2. The Morgan fingerprint density at radius 2 is 2.04 bits per heavy atom. The monoisotopic (exact) mass is 330 g/mol. The molecule has 23 heavy (non-hydrogen) atoms. The van der Waals surface area contributed by atoms with Crippen molar-refractivity contribution >= 4 is 35.1 Å². The molecule has 1 saturated heterocycles. The van der Waals surface area contributed by atoms with Crippen LogP contribution in [0.1, 0.15) is 6.42 Å². The van der Waals surface area contributed by atoms with Crippen molar-refractivity contribution in [2.75, 3.05) is 23.0 Å². The van der Waals surface area contributed by atoms with Crippen LogP contribution >= 0.6 is 11.8 Å². The predicted molar refractivity (Wildman–Crippen MR) is 90.5 cm³/mol. The lowest BCUT2D eigenvalue weighted by atomic mass is 10.1. The first-order valence-electron chi connectivity index (χ1n) is 7.32. The second-order valence-corrected chi connectivity index (χ2v) is 6.35. The largest absolute Gasteiger partial charge is 0.312 e. The highest BCUT2D eigenvalue weighted by atomic mass is 32.2. The molecular weight excluding hydrogens is 312 g/mol. The number of rotatable bonds is 4. The van der Waals surface area contributed by atoms with Crippen LogP contribution in [0.4, 0.5) is 11.5 Å². The van der Waals surface area contributed by atoms with E-state index in [4.69, 9.17) is 0 Å². The number of aromatic nitrogens is 2. The van der Waals surface area contributed by atoms with Gasteiger partial charge in [-0.05, 0) is 30.5 Å². The molecule has 1 aromatic carbocycles. The summed E-state index contributed by atoms with van der Waals surface area (Å²) in [6.07, 6.45) is 3.99. The summed E-state index contributed by atoms with van der Waals surface area (Å²) in [6.45, 7) is 0.399. The molecule has 120 valence electrons. The fraction of sp³-hybridized carbons (Fsp3) is 0.312. The molecule has 1 aromatic heterocycles. The zero-order chi connectivity index (χ0) is 16.4. The second-order valence-electron chi connectivity index (χ2n) is 5.47. The Morgan fingerprint density at radius 1 is 1.30 bits per heavy atom. The number of nitrogens with one attached hydrogen (secondary N) is 1. The van der Waals surface area contributed by atoms with Crippen LogP contribution in [-0.2, 0) is 16.6 Å². The number of carbonyl (C=O) groups excluding carboxylic acids is 2. The van der Waals surface area contributed by atoms with Crippen LogP contribution in [0.25, 0.3) is 0 Å². The Morgan fingerprint density at radius 3 is 2.65 bits per heavy atom. The fourth-order valence-corrected chi connectivity index (χ4v) is 3.01. The third-order valence-corrected chi connectivity index (χ3v) is 4.59. The molecule has 1 aliphatic rings. The van der Waals surface area contributed by atoms with Crippen molar-refractivity contribution in [2.45, 2.75) is 11.3 Å². The molecule has 0 aliphatic carbocycles. The lowest BCUT2D eigenvalue weighted by Crippen LogP contribution is -2.28. The average Bonchev–Trinajstić information content (AvgIpc) is 3.13. The molecule has 7 heteroatoms. The van der Waals surface area contributed by atoms with E-state index >= 15 is 0 Å². The zero-order valence-electron chi connectivity index (χ0n) is 13.0. The van der Waals surface area contributed by atoms with Gasteiger partial charge in [0.1, 0.15) is 0 Å². The topological polar surface area (TPSA) is 67.2 Å². The molecule has 1 unspecified atom stereocenters. The van der Waals surface area contributed by atoms with Crippen molar-refractivity contribution in [3.63, 3.8) is 0 Å². The van der Waals surface area contributed by atoms with Crippen molar-refractivity contribution in [2.24, 2.45) is 13.0 Å². The highest BCUT2D eigenvalue weighted by molar-refractivity contribution is 7.98. The molecule has 3 rings (SSSR count). The number of aryl methyl sites for hydroxylation is 1. The van der Waals surface area contributed by atoms with E-state index in [1.54, 1.807) is 40.7 Å². The first-order chi connectivity index (χ1) is 11.1. The van der Waals surface area contributed by atoms with Gasteiger partial charge in [0.2, 0.25) is 11.8 Å². The van der Waals surface area contributed by atoms with Crippen molar-refractivity contribution in [1.29, 1.82) is 0 Å². The van der Waals surface area contributed by atoms with Crippen LogP contribution in [0.15, 0.2) is 41.4 Å². The van der Waals surface area contributed by atoms with E-state index in [1.165, 1.54) is 0 Å². The third kappa shape index (κ3) is 3.39. The summed E-state index contributed by atoms with van der Waals surface area (Å²) in [7, 11) is 1.79. The molecule has 6 nitrogen and oxygen atoms in total. The van der Waals surface area contributed by atoms with Crippen molar-refractivity contribution in [1.82, 2.24) is 9.78 Å². The molecule has 1 aliphatic heterocycles. The molecule has 0 spiro atoms. The molecule has 2 heterocycles. The minimum absolute atomic E-state index is 0.0249. The Hall–Kier alpha value is -2.28.